The number of likely N-dealkylation sites (tertiary alicyclic amines) is 1. The number of imide groups is 1. The summed E-state index contributed by atoms with van der Waals surface area (Å²) in [7, 11) is 3.18. The predicted octanol–water partition coefficient (Wildman–Crippen LogP) is 1.85. The fourth-order valence-electron chi connectivity index (χ4n) is 3.83. The molecule has 1 aromatic rings. The van der Waals surface area contributed by atoms with Gasteiger partial charge in [-0.3, -0.25) is 9.69 Å². The molecular weight excluding hydrogens is 368 g/mol. The van der Waals surface area contributed by atoms with Gasteiger partial charge in [0.25, 0.3) is 5.91 Å². The zero-order valence-electron chi connectivity index (χ0n) is 17.9. The Labute approximate surface area is 172 Å². The minimum Gasteiger partial charge on any atom is -0.349 e. The lowest BCUT2D eigenvalue weighted by Gasteiger charge is -2.36. The highest BCUT2D eigenvalue weighted by Gasteiger charge is 2.42. The summed E-state index contributed by atoms with van der Waals surface area (Å²) >= 11 is 0. The largest absolute Gasteiger partial charge is 0.500 e. The number of amides is 4. The first-order valence-corrected chi connectivity index (χ1v) is 10.1. The highest BCUT2D eigenvalue weighted by molar-refractivity contribution is 6.06. The van der Waals surface area contributed by atoms with Gasteiger partial charge in [-0.05, 0) is 36.0 Å². The Balaban J connectivity index is 1.57. The molecule has 0 saturated carbocycles. The number of piperidine rings is 1. The van der Waals surface area contributed by atoms with Crippen molar-refractivity contribution in [3.63, 3.8) is 0 Å². The number of hydrogen-bond donors (Lipinski definition) is 1. The summed E-state index contributed by atoms with van der Waals surface area (Å²) in [5.41, 5.74) is 1.92. The van der Waals surface area contributed by atoms with Crippen LogP contribution in [0.15, 0.2) is 24.3 Å². The molecule has 1 aromatic carbocycles. The maximum Gasteiger partial charge on any atom is 0.500 e. The first kappa shape index (κ1) is 21.2. The third-order valence-corrected chi connectivity index (χ3v) is 5.81. The molecule has 3 rings (SSSR count). The van der Waals surface area contributed by atoms with Gasteiger partial charge in [0.1, 0.15) is 6.21 Å². The number of nitrogens with zero attached hydrogens (tertiary/aromatic N) is 3. The number of carbonyl (C=O) groups is 3. The van der Waals surface area contributed by atoms with Crippen LogP contribution in [0.4, 0.5) is 4.79 Å². The molecule has 1 unspecified atom stereocenters. The molecule has 7 heteroatoms. The minimum atomic E-state index is -0.427. The minimum absolute atomic E-state index is 0.0577. The molecule has 29 heavy (non-hydrogen) atoms. The van der Waals surface area contributed by atoms with Gasteiger partial charge in [0.2, 0.25) is 0 Å². The van der Waals surface area contributed by atoms with Crippen molar-refractivity contribution in [2.45, 2.75) is 51.1 Å². The van der Waals surface area contributed by atoms with E-state index in [4.69, 9.17) is 0 Å². The lowest BCUT2D eigenvalue weighted by molar-refractivity contribution is -0.401. The van der Waals surface area contributed by atoms with E-state index in [1.165, 1.54) is 22.1 Å². The van der Waals surface area contributed by atoms with Crippen LogP contribution < -0.4 is 5.32 Å². The van der Waals surface area contributed by atoms with Gasteiger partial charge in [-0.25, -0.2) is 9.37 Å². The first-order valence-electron chi connectivity index (χ1n) is 10.1. The summed E-state index contributed by atoms with van der Waals surface area (Å²) in [5.74, 6) is -0.260. The Morgan fingerprint density at radius 1 is 1.10 bits per heavy atom. The van der Waals surface area contributed by atoms with Crippen molar-refractivity contribution in [1.82, 2.24) is 15.1 Å². The van der Waals surface area contributed by atoms with E-state index in [1.54, 1.807) is 13.3 Å². The van der Waals surface area contributed by atoms with Crippen molar-refractivity contribution < 1.29 is 19.0 Å². The van der Waals surface area contributed by atoms with Crippen LogP contribution >= 0.6 is 0 Å². The van der Waals surface area contributed by atoms with Crippen LogP contribution in [0.1, 0.15) is 49.5 Å². The van der Waals surface area contributed by atoms with E-state index in [9.17, 15) is 14.4 Å². The van der Waals surface area contributed by atoms with Crippen molar-refractivity contribution in [3.8, 4) is 0 Å². The molecule has 2 aliphatic rings. The third-order valence-electron chi connectivity index (χ3n) is 5.81. The summed E-state index contributed by atoms with van der Waals surface area (Å²) < 4.78 is 1.46. The van der Waals surface area contributed by atoms with Crippen LogP contribution in [0.25, 0.3) is 0 Å². The summed E-state index contributed by atoms with van der Waals surface area (Å²) in [6.07, 6.45) is 3.22. The second-order valence-electron chi connectivity index (χ2n) is 9.00. The van der Waals surface area contributed by atoms with Gasteiger partial charge in [0.05, 0.1) is 14.1 Å². The standard InChI is InChI=1S/C22H30N4O3/c1-22(2,3)16-8-6-15(7-9-16)19(27)23-17-10-12-26(13-11-17)18-14-24(4)21(29)25(5)20(18)28/h6-9,14,17-18H,10-13H2,1-5H3/p+1. The van der Waals surface area contributed by atoms with E-state index in [1.807, 2.05) is 24.3 Å². The van der Waals surface area contributed by atoms with Crippen LogP contribution in [-0.4, -0.2) is 77.7 Å². The normalized spacial score (nSPS) is 21.9. The topological polar surface area (TPSA) is 72.7 Å². The Morgan fingerprint density at radius 3 is 2.24 bits per heavy atom. The predicted molar refractivity (Wildman–Crippen MR) is 111 cm³/mol. The zero-order valence-corrected chi connectivity index (χ0v) is 17.9. The van der Waals surface area contributed by atoms with Crippen molar-refractivity contribution in [2.24, 2.45) is 0 Å². The van der Waals surface area contributed by atoms with Gasteiger partial charge < -0.3 is 5.32 Å². The van der Waals surface area contributed by atoms with Crippen molar-refractivity contribution in [2.75, 3.05) is 27.2 Å². The number of carbonyl (C=O) groups excluding carboxylic acids is 3. The van der Waals surface area contributed by atoms with Gasteiger partial charge in [-0.15, -0.1) is 0 Å². The Bertz CT molecular complexity index is 831. The molecule has 2 aliphatic heterocycles. The van der Waals surface area contributed by atoms with E-state index >= 15 is 0 Å². The van der Waals surface area contributed by atoms with E-state index in [-0.39, 0.29) is 29.3 Å². The fraction of sp³-hybridized carbons (Fsp3) is 0.545. The second kappa shape index (κ2) is 8.06. The average Bonchev–Trinajstić information content (AvgIpc) is 2.69. The summed E-state index contributed by atoms with van der Waals surface area (Å²) in [4.78, 5) is 40.2. The number of nitrogens with one attached hydrogen (secondary N) is 1. The van der Waals surface area contributed by atoms with E-state index in [2.05, 4.69) is 31.0 Å². The molecule has 156 valence electrons. The van der Waals surface area contributed by atoms with Gasteiger partial charge in [0, 0.05) is 24.7 Å². The van der Waals surface area contributed by atoms with E-state index < -0.39 is 6.04 Å². The molecule has 0 bridgehead atoms. The molecular formula is C22H31N4O3+. The Kier molecular flexibility index (Phi) is 5.89. The van der Waals surface area contributed by atoms with Gasteiger partial charge in [-0.1, -0.05) is 32.9 Å². The van der Waals surface area contributed by atoms with Crippen LogP contribution in [-0.2, 0) is 10.2 Å². The monoisotopic (exact) mass is 399 g/mol. The highest BCUT2D eigenvalue weighted by atomic mass is 16.2. The number of benzene rings is 1. The van der Waals surface area contributed by atoms with Crippen molar-refractivity contribution in [1.29, 1.82) is 0 Å². The highest BCUT2D eigenvalue weighted by Crippen LogP contribution is 2.22. The molecule has 0 spiro atoms. The summed E-state index contributed by atoms with van der Waals surface area (Å²) in [6, 6.07) is 7.12. The third kappa shape index (κ3) is 4.56. The number of urea groups is 1. The first-order chi connectivity index (χ1) is 13.6. The average molecular weight is 400 g/mol. The zero-order chi connectivity index (χ0) is 21.3. The molecule has 0 aliphatic carbocycles. The smallest absolute Gasteiger partial charge is 0.349 e. The molecule has 4 amide bonds. The lowest BCUT2D eigenvalue weighted by Crippen LogP contribution is -2.59. The summed E-state index contributed by atoms with van der Waals surface area (Å²) in [5, 5.41) is 3.12. The Hall–Kier alpha value is -2.54. The van der Waals surface area contributed by atoms with E-state index in [0.29, 0.717) is 18.7 Å². The molecule has 2 heterocycles. The second-order valence-corrected chi connectivity index (χ2v) is 9.00. The SMILES string of the molecule is CN1C(=O)C(N2CCC(NC(=O)c3ccc(C(C)(C)C)cc3)CC2)C=[N+](C)C1=O. The number of likely N-dealkylation sites (N-methyl/N-ethyl adjacent to an activating group) is 1. The quantitative estimate of drug-likeness (QED) is 0.788. The van der Waals surface area contributed by atoms with Crippen LogP contribution in [0.2, 0.25) is 0 Å². The van der Waals surface area contributed by atoms with Gasteiger partial charge >= 0.3 is 11.9 Å². The molecule has 1 saturated heterocycles. The lowest BCUT2D eigenvalue weighted by atomic mass is 9.86. The fourth-order valence-corrected chi connectivity index (χ4v) is 3.83. The molecule has 0 aromatic heterocycles. The maximum absolute atomic E-state index is 12.6. The molecule has 1 fully saturated rings. The van der Waals surface area contributed by atoms with Crippen LogP contribution in [0.5, 0.6) is 0 Å². The van der Waals surface area contributed by atoms with Gasteiger partial charge in [-0.2, -0.15) is 9.69 Å². The Morgan fingerprint density at radius 2 is 1.69 bits per heavy atom. The molecule has 0 radical (unpaired) electrons. The summed E-state index contributed by atoms with van der Waals surface area (Å²) in [6.45, 7) is 7.83. The molecule has 1 N–H and O–H groups in total. The van der Waals surface area contributed by atoms with Crippen molar-refractivity contribution in [3.05, 3.63) is 35.4 Å². The number of rotatable bonds is 3. The molecule has 1 atom stereocenters. The van der Waals surface area contributed by atoms with Crippen molar-refractivity contribution >= 4 is 24.1 Å². The van der Waals surface area contributed by atoms with Crippen LogP contribution in [0, 0.1) is 0 Å². The molecule has 7 nitrogen and oxygen atoms in total. The van der Waals surface area contributed by atoms with Crippen LogP contribution in [0.3, 0.4) is 0 Å². The number of hydrogen-bond acceptors (Lipinski definition) is 4. The van der Waals surface area contributed by atoms with E-state index in [0.717, 1.165) is 12.8 Å². The maximum atomic E-state index is 12.6. The van der Waals surface area contributed by atoms with Gasteiger partial charge in [0.15, 0.2) is 6.04 Å².